The number of rotatable bonds is 4. The maximum Gasteiger partial charge on any atom is 0.191 e. The van der Waals surface area contributed by atoms with Crippen molar-refractivity contribution in [3.63, 3.8) is 0 Å². The fourth-order valence-corrected chi connectivity index (χ4v) is 3.93. The zero-order valence-corrected chi connectivity index (χ0v) is 17.8. The third-order valence-electron chi connectivity index (χ3n) is 5.24. The number of anilines is 1. The molecule has 1 saturated heterocycles. The SMILES string of the molecule is CN=C(NCc1nc2ccccc2n1C)NC1CCN(c2ccc(Br)cc2)C1. The quantitative estimate of drug-likeness (QED) is 0.482. The van der Waals surface area contributed by atoms with Crippen molar-refractivity contribution in [2.45, 2.75) is 19.0 Å². The van der Waals surface area contributed by atoms with E-state index in [1.54, 1.807) is 0 Å². The second-order valence-electron chi connectivity index (χ2n) is 7.05. The van der Waals surface area contributed by atoms with Crippen LogP contribution in [0.15, 0.2) is 58.0 Å². The molecule has 1 fully saturated rings. The van der Waals surface area contributed by atoms with E-state index in [9.17, 15) is 0 Å². The minimum absolute atomic E-state index is 0.371. The zero-order chi connectivity index (χ0) is 19.5. The highest BCUT2D eigenvalue weighted by Gasteiger charge is 2.23. The van der Waals surface area contributed by atoms with Gasteiger partial charge in [-0.3, -0.25) is 4.99 Å². The van der Waals surface area contributed by atoms with Crippen LogP contribution in [0, 0.1) is 0 Å². The number of para-hydroxylation sites is 2. The van der Waals surface area contributed by atoms with Gasteiger partial charge in [-0.1, -0.05) is 28.1 Å². The summed E-state index contributed by atoms with van der Waals surface area (Å²) in [7, 11) is 3.86. The number of guanidine groups is 1. The molecule has 0 radical (unpaired) electrons. The molecule has 2 N–H and O–H groups in total. The lowest BCUT2D eigenvalue weighted by atomic mass is 10.3. The molecule has 4 rings (SSSR count). The number of imidazole rings is 1. The molecular formula is C21H25BrN6. The maximum atomic E-state index is 4.71. The van der Waals surface area contributed by atoms with E-state index in [-0.39, 0.29) is 0 Å². The molecule has 0 aliphatic carbocycles. The molecule has 1 aliphatic rings. The van der Waals surface area contributed by atoms with E-state index in [2.05, 4.69) is 78.4 Å². The predicted molar refractivity (Wildman–Crippen MR) is 119 cm³/mol. The Kier molecular flexibility index (Phi) is 5.52. The van der Waals surface area contributed by atoms with E-state index >= 15 is 0 Å². The summed E-state index contributed by atoms with van der Waals surface area (Å²) in [5.41, 5.74) is 3.42. The van der Waals surface area contributed by atoms with Crippen LogP contribution in [0.3, 0.4) is 0 Å². The minimum Gasteiger partial charge on any atom is -0.369 e. The molecule has 6 nitrogen and oxygen atoms in total. The molecule has 2 heterocycles. The van der Waals surface area contributed by atoms with Gasteiger partial charge in [0.2, 0.25) is 0 Å². The number of fused-ring (bicyclic) bond motifs is 1. The van der Waals surface area contributed by atoms with Crippen molar-refractivity contribution in [1.29, 1.82) is 0 Å². The van der Waals surface area contributed by atoms with Gasteiger partial charge in [-0.15, -0.1) is 0 Å². The second kappa shape index (κ2) is 8.22. The smallest absolute Gasteiger partial charge is 0.191 e. The average molecular weight is 441 g/mol. The van der Waals surface area contributed by atoms with Crippen molar-refractivity contribution >= 4 is 38.6 Å². The number of aliphatic imine (C=N–C) groups is 1. The van der Waals surface area contributed by atoms with Crippen LogP contribution >= 0.6 is 15.9 Å². The summed E-state index contributed by atoms with van der Waals surface area (Å²) in [5, 5.41) is 6.96. The molecule has 0 bridgehead atoms. The molecule has 0 saturated carbocycles. The van der Waals surface area contributed by atoms with Crippen LogP contribution in [0.5, 0.6) is 0 Å². The first kappa shape index (κ1) is 18.8. The highest BCUT2D eigenvalue weighted by molar-refractivity contribution is 9.10. The largest absolute Gasteiger partial charge is 0.369 e. The number of benzene rings is 2. The molecular weight excluding hydrogens is 416 g/mol. The molecule has 0 spiro atoms. The summed E-state index contributed by atoms with van der Waals surface area (Å²) in [6, 6.07) is 17.1. The lowest BCUT2D eigenvalue weighted by Crippen LogP contribution is -2.44. The topological polar surface area (TPSA) is 57.5 Å². The summed E-state index contributed by atoms with van der Waals surface area (Å²) in [6.45, 7) is 2.64. The Morgan fingerprint density at radius 1 is 1.21 bits per heavy atom. The summed E-state index contributed by atoms with van der Waals surface area (Å²) >= 11 is 3.50. The van der Waals surface area contributed by atoms with Crippen LogP contribution in [-0.4, -0.2) is 41.7 Å². The average Bonchev–Trinajstić information content (AvgIpc) is 3.31. The van der Waals surface area contributed by atoms with Crippen molar-refractivity contribution < 1.29 is 0 Å². The van der Waals surface area contributed by atoms with Crippen LogP contribution in [0.1, 0.15) is 12.2 Å². The number of hydrogen-bond acceptors (Lipinski definition) is 3. The fourth-order valence-electron chi connectivity index (χ4n) is 3.67. The molecule has 28 heavy (non-hydrogen) atoms. The maximum absolute atomic E-state index is 4.71. The van der Waals surface area contributed by atoms with E-state index in [1.165, 1.54) is 5.69 Å². The third-order valence-corrected chi connectivity index (χ3v) is 5.77. The first-order valence-corrected chi connectivity index (χ1v) is 10.3. The Morgan fingerprint density at radius 3 is 2.75 bits per heavy atom. The summed E-state index contributed by atoms with van der Waals surface area (Å²) in [4.78, 5) is 11.5. The van der Waals surface area contributed by atoms with Gasteiger partial charge >= 0.3 is 0 Å². The Labute approximate surface area is 173 Å². The Morgan fingerprint density at radius 2 is 2.00 bits per heavy atom. The monoisotopic (exact) mass is 440 g/mol. The van der Waals surface area contributed by atoms with Crippen molar-refractivity contribution in [2.24, 2.45) is 12.0 Å². The molecule has 1 aromatic heterocycles. The molecule has 7 heteroatoms. The molecule has 2 aromatic carbocycles. The zero-order valence-electron chi connectivity index (χ0n) is 16.2. The summed E-state index contributed by atoms with van der Waals surface area (Å²) in [6.07, 6.45) is 1.09. The molecule has 1 aliphatic heterocycles. The van der Waals surface area contributed by atoms with Crippen molar-refractivity contribution in [2.75, 3.05) is 25.0 Å². The Hall–Kier alpha value is -2.54. The molecule has 1 atom stereocenters. The third kappa shape index (κ3) is 3.99. The van der Waals surface area contributed by atoms with Gasteiger partial charge in [0, 0.05) is 43.4 Å². The van der Waals surface area contributed by atoms with Gasteiger partial charge in [-0.2, -0.15) is 0 Å². The van der Waals surface area contributed by atoms with Crippen molar-refractivity contribution in [3.8, 4) is 0 Å². The minimum atomic E-state index is 0.371. The van der Waals surface area contributed by atoms with Crippen LogP contribution in [0.25, 0.3) is 11.0 Å². The van der Waals surface area contributed by atoms with Crippen molar-refractivity contribution in [3.05, 3.63) is 58.8 Å². The number of aryl methyl sites for hydroxylation is 1. The van der Waals surface area contributed by atoms with Crippen LogP contribution in [0.4, 0.5) is 5.69 Å². The lowest BCUT2D eigenvalue weighted by molar-refractivity contribution is 0.642. The van der Waals surface area contributed by atoms with Gasteiger partial charge in [0.05, 0.1) is 17.6 Å². The van der Waals surface area contributed by atoms with E-state index in [0.29, 0.717) is 12.6 Å². The molecule has 1 unspecified atom stereocenters. The van der Waals surface area contributed by atoms with Gasteiger partial charge in [-0.25, -0.2) is 4.98 Å². The Bertz CT molecular complexity index is 978. The lowest BCUT2D eigenvalue weighted by Gasteiger charge is -2.20. The number of aromatic nitrogens is 2. The van der Waals surface area contributed by atoms with E-state index in [1.807, 2.05) is 25.2 Å². The van der Waals surface area contributed by atoms with Gasteiger partial charge in [0.25, 0.3) is 0 Å². The summed E-state index contributed by atoms with van der Waals surface area (Å²) < 4.78 is 3.23. The van der Waals surface area contributed by atoms with Crippen LogP contribution in [0.2, 0.25) is 0 Å². The number of halogens is 1. The number of nitrogens with zero attached hydrogens (tertiary/aromatic N) is 4. The molecule has 0 amide bonds. The van der Waals surface area contributed by atoms with E-state index in [4.69, 9.17) is 4.98 Å². The highest BCUT2D eigenvalue weighted by Crippen LogP contribution is 2.22. The normalized spacial score (nSPS) is 17.3. The number of nitrogens with one attached hydrogen (secondary N) is 2. The fraction of sp³-hybridized carbons (Fsp3) is 0.333. The van der Waals surface area contributed by atoms with Gasteiger partial charge < -0.3 is 20.1 Å². The summed E-state index contributed by atoms with van der Waals surface area (Å²) in [5.74, 6) is 1.81. The number of hydrogen-bond donors (Lipinski definition) is 2. The predicted octanol–water partition coefficient (Wildman–Crippen LogP) is 3.28. The van der Waals surface area contributed by atoms with Crippen LogP contribution in [-0.2, 0) is 13.6 Å². The molecule has 3 aromatic rings. The molecule has 146 valence electrons. The van der Waals surface area contributed by atoms with Gasteiger partial charge in [0.1, 0.15) is 5.82 Å². The van der Waals surface area contributed by atoms with Crippen LogP contribution < -0.4 is 15.5 Å². The second-order valence-corrected chi connectivity index (χ2v) is 7.97. The van der Waals surface area contributed by atoms with Crippen molar-refractivity contribution in [1.82, 2.24) is 20.2 Å². The highest BCUT2D eigenvalue weighted by atomic mass is 79.9. The van der Waals surface area contributed by atoms with E-state index in [0.717, 1.165) is 46.8 Å². The van der Waals surface area contributed by atoms with E-state index < -0.39 is 0 Å². The first-order valence-electron chi connectivity index (χ1n) is 9.52. The van der Waals surface area contributed by atoms with Gasteiger partial charge in [0.15, 0.2) is 5.96 Å². The first-order chi connectivity index (χ1) is 13.6. The standard InChI is InChI=1S/C21H25BrN6/c1-23-21(24-13-20-26-18-5-3-4-6-19(18)27(20)2)25-16-11-12-28(14-16)17-9-7-15(22)8-10-17/h3-10,16H,11-14H2,1-2H3,(H2,23,24,25). The Balaban J connectivity index is 1.35. The van der Waals surface area contributed by atoms with Gasteiger partial charge in [-0.05, 0) is 42.8 Å².